The summed E-state index contributed by atoms with van der Waals surface area (Å²) in [7, 11) is 0. The van der Waals surface area contributed by atoms with Crippen LogP contribution in [0.1, 0.15) is 49.2 Å². The van der Waals surface area contributed by atoms with Gasteiger partial charge in [-0.25, -0.2) is 10.1 Å². The molecule has 1 fully saturated rings. The lowest BCUT2D eigenvalue weighted by Gasteiger charge is -2.26. The van der Waals surface area contributed by atoms with Crippen molar-refractivity contribution in [1.29, 1.82) is 0 Å². The fourth-order valence-electron chi connectivity index (χ4n) is 4.17. The van der Waals surface area contributed by atoms with Crippen molar-refractivity contribution in [1.82, 2.24) is 15.2 Å². The minimum Gasteiger partial charge on any atom is -0.267 e. The van der Waals surface area contributed by atoms with Crippen molar-refractivity contribution in [2.75, 3.05) is 0 Å². The van der Waals surface area contributed by atoms with Crippen LogP contribution in [-0.2, 0) is 6.54 Å². The van der Waals surface area contributed by atoms with Crippen molar-refractivity contribution in [2.24, 2.45) is 16.9 Å². The molecule has 1 N–H and O–H groups in total. The molecule has 4 rings (SSSR count). The Balaban J connectivity index is 1.71. The van der Waals surface area contributed by atoms with Gasteiger partial charge in [0.05, 0.1) is 11.9 Å². The van der Waals surface area contributed by atoms with Crippen molar-refractivity contribution in [3.63, 3.8) is 0 Å². The first-order chi connectivity index (χ1) is 14.5. The largest absolute Gasteiger partial charge is 0.292 e. The Hall–Kier alpha value is -3.28. The van der Waals surface area contributed by atoms with Crippen LogP contribution >= 0.6 is 0 Å². The Morgan fingerprint density at radius 3 is 2.37 bits per heavy atom. The van der Waals surface area contributed by atoms with Crippen LogP contribution in [0.25, 0.3) is 10.8 Å². The van der Waals surface area contributed by atoms with E-state index in [0.29, 0.717) is 29.2 Å². The molecule has 0 radical (unpaired) electrons. The average Bonchev–Trinajstić information content (AvgIpc) is 2.76. The van der Waals surface area contributed by atoms with Gasteiger partial charge in [0.2, 0.25) is 0 Å². The van der Waals surface area contributed by atoms with Crippen molar-refractivity contribution in [2.45, 2.75) is 39.7 Å². The second-order valence-electron chi connectivity index (χ2n) is 8.05. The molecule has 0 saturated heterocycles. The number of amides is 1. The summed E-state index contributed by atoms with van der Waals surface area (Å²) in [5, 5.41) is 9.88. The third-order valence-electron chi connectivity index (χ3n) is 5.83. The summed E-state index contributed by atoms with van der Waals surface area (Å²) in [4.78, 5) is 26.0. The second kappa shape index (κ2) is 8.61. The highest BCUT2D eigenvalue weighted by molar-refractivity contribution is 6.05. The summed E-state index contributed by atoms with van der Waals surface area (Å²) in [5.41, 5.74) is 4.67. The van der Waals surface area contributed by atoms with Crippen LogP contribution in [0.4, 0.5) is 0 Å². The zero-order chi connectivity index (χ0) is 21.1. The maximum absolute atomic E-state index is 13.0. The maximum atomic E-state index is 13.0. The first kappa shape index (κ1) is 20.0. The van der Waals surface area contributed by atoms with E-state index in [1.54, 1.807) is 24.3 Å². The number of hydrogen-bond acceptors (Lipinski definition) is 4. The number of benzene rings is 2. The highest BCUT2D eigenvalue weighted by atomic mass is 16.2. The van der Waals surface area contributed by atoms with E-state index < -0.39 is 5.91 Å². The van der Waals surface area contributed by atoms with Crippen LogP contribution in [0.3, 0.4) is 0 Å². The minimum absolute atomic E-state index is 0.210. The molecule has 3 aromatic rings. The van der Waals surface area contributed by atoms with Gasteiger partial charge in [-0.2, -0.15) is 10.2 Å². The highest BCUT2D eigenvalue weighted by Crippen LogP contribution is 2.26. The van der Waals surface area contributed by atoms with E-state index in [-0.39, 0.29) is 11.3 Å². The zero-order valence-corrected chi connectivity index (χ0v) is 17.3. The van der Waals surface area contributed by atoms with Gasteiger partial charge in [-0.1, -0.05) is 68.8 Å². The van der Waals surface area contributed by atoms with Gasteiger partial charge in [0.15, 0.2) is 5.69 Å². The smallest absolute Gasteiger partial charge is 0.267 e. The number of hydrogen-bond donors (Lipinski definition) is 1. The summed E-state index contributed by atoms with van der Waals surface area (Å²) >= 11 is 0. The number of carbonyl (C=O) groups excluding carboxylic acids is 1. The fraction of sp³-hybridized carbons (Fsp3) is 0.333. The van der Waals surface area contributed by atoms with Gasteiger partial charge in [-0.15, -0.1) is 0 Å². The Morgan fingerprint density at radius 1 is 1.03 bits per heavy atom. The highest BCUT2D eigenvalue weighted by Gasteiger charge is 2.24. The molecule has 0 unspecified atom stereocenters. The van der Waals surface area contributed by atoms with E-state index in [1.807, 2.05) is 30.3 Å². The van der Waals surface area contributed by atoms with Crippen LogP contribution in [-0.4, -0.2) is 21.4 Å². The molecule has 1 saturated carbocycles. The van der Waals surface area contributed by atoms with Crippen LogP contribution in [0.15, 0.2) is 64.5 Å². The number of rotatable bonds is 4. The fourth-order valence-corrected chi connectivity index (χ4v) is 4.17. The molecule has 1 heterocycles. The number of nitrogens with one attached hydrogen (secondary N) is 1. The van der Waals surface area contributed by atoms with Gasteiger partial charge in [0, 0.05) is 11.1 Å². The van der Waals surface area contributed by atoms with Crippen molar-refractivity contribution in [3.05, 3.63) is 76.2 Å². The summed E-state index contributed by atoms with van der Waals surface area (Å²) < 4.78 is 1.35. The molecule has 0 bridgehead atoms. The average molecular weight is 402 g/mol. The number of fused-ring (bicyclic) bond motifs is 1. The topological polar surface area (TPSA) is 76.3 Å². The summed E-state index contributed by atoms with van der Waals surface area (Å²) in [6.07, 6.45) is 3.36. The number of hydrazone groups is 1. The molecule has 6 nitrogen and oxygen atoms in total. The second-order valence-corrected chi connectivity index (χ2v) is 8.05. The molecule has 154 valence electrons. The van der Waals surface area contributed by atoms with Crippen LogP contribution in [0.2, 0.25) is 0 Å². The molecule has 2 aromatic carbocycles. The van der Waals surface area contributed by atoms with E-state index in [9.17, 15) is 9.59 Å². The lowest BCUT2D eigenvalue weighted by atomic mass is 9.81. The van der Waals surface area contributed by atoms with Gasteiger partial charge >= 0.3 is 0 Å². The molecule has 2 atom stereocenters. The Morgan fingerprint density at radius 2 is 1.67 bits per heavy atom. The van der Waals surface area contributed by atoms with Crippen molar-refractivity contribution in [3.8, 4) is 0 Å². The predicted octanol–water partition coefficient (Wildman–Crippen LogP) is 3.99. The van der Waals surface area contributed by atoms with Crippen LogP contribution in [0, 0.1) is 11.8 Å². The van der Waals surface area contributed by atoms with E-state index in [2.05, 4.69) is 29.5 Å². The molecule has 0 aliphatic heterocycles. The monoisotopic (exact) mass is 402 g/mol. The lowest BCUT2D eigenvalue weighted by molar-refractivity contribution is 0.0949. The molecule has 1 amide bonds. The Labute approximate surface area is 175 Å². The van der Waals surface area contributed by atoms with Gasteiger partial charge in [0.1, 0.15) is 0 Å². The Kier molecular flexibility index (Phi) is 5.74. The molecule has 0 spiro atoms. The summed E-state index contributed by atoms with van der Waals surface area (Å²) in [5.74, 6) is 0.307. The van der Waals surface area contributed by atoms with Crippen LogP contribution in [0.5, 0.6) is 0 Å². The SMILES string of the molecule is C[C@H]1CCC[C@H](C)C1=NNC(=O)c1nn(Cc2ccccc2)c(=O)c2ccccc12. The molecular weight excluding hydrogens is 376 g/mol. The summed E-state index contributed by atoms with van der Waals surface area (Å²) in [6.45, 7) is 4.59. The van der Waals surface area contributed by atoms with Gasteiger partial charge in [-0.3, -0.25) is 9.59 Å². The number of aromatic nitrogens is 2. The normalized spacial score (nSPS) is 18.9. The molecule has 1 aliphatic rings. The summed E-state index contributed by atoms with van der Waals surface area (Å²) in [6, 6.07) is 16.7. The van der Waals surface area contributed by atoms with Crippen molar-refractivity contribution < 1.29 is 4.79 Å². The van der Waals surface area contributed by atoms with Crippen LogP contribution < -0.4 is 11.0 Å². The van der Waals surface area contributed by atoms with Gasteiger partial charge in [-0.05, 0) is 36.3 Å². The van der Waals surface area contributed by atoms with Crippen molar-refractivity contribution >= 4 is 22.4 Å². The zero-order valence-electron chi connectivity index (χ0n) is 17.3. The van der Waals surface area contributed by atoms with Gasteiger partial charge in [0.25, 0.3) is 11.5 Å². The Bertz CT molecular complexity index is 1140. The van der Waals surface area contributed by atoms with E-state index in [0.717, 1.165) is 24.1 Å². The number of nitrogens with zero attached hydrogens (tertiary/aromatic N) is 3. The van der Waals surface area contributed by atoms with E-state index in [1.165, 1.54) is 11.1 Å². The number of carbonyl (C=O) groups is 1. The standard InChI is InChI=1S/C24H26N4O2/c1-16-9-8-10-17(2)21(16)25-26-23(29)22-19-13-6-7-14-20(19)24(30)28(27-22)15-18-11-4-3-5-12-18/h3-7,11-14,16-17H,8-10,15H2,1-2H3,(H,26,29)/t16-,17-/m0/s1. The predicted molar refractivity (Wildman–Crippen MR) is 119 cm³/mol. The molecule has 30 heavy (non-hydrogen) atoms. The van der Waals surface area contributed by atoms with Gasteiger partial charge < -0.3 is 0 Å². The first-order valence-electron chi connectivity index (χ1n) is 10.5. The quantitative estimate of drug-likeness (QED) is 0.671. The van der Waals surface area contributed by atoms with E-state index in [4.69, 9.17) is 0 Å². The third-order valence-corrected chi connectivity index (χ3v) is 5.83. The van der Waals surface area contributed by atoms with E-state index >= 15 is 0 Å². The minimum atomic E-state index is -0.398. The maximum Gasteiger partial charge on any atom is 0.292 e. The third kappa shape index (κ3) is 4.03. The lowest BCUT2D eigenvalue weighted by Crippen LogP contribution is -2.32. The molecule has 1 aliphatic carbocycles. The molecule has 1 aromatic heterocycles. The first-order valence-corrected chi connectivity index (χ1v) is 10.5. The molecule has 6 heteroatoms. The molecular formula is C24H26N4O2.